The van der Waals surface area contributed by atoms with E-state index in [1.807, 2.05) is 30.3 Å². The lowest BCUT2D eigenvalue weighted by molar-refractivity contribution is -0.137. The fraction of sp³-hybridized carbons (Fsp3) is 0.316. The third kappa shape index (κ3) is 3.85. The molecule has 1 aliphatic heterocycles. The van der Waals surface area contributed by atoms with Crippen LogP contribution in [0.2, 0.25) is 0 Å². The van der Waals surface area contributed by atoms with E-state index in [2.05, 4.69) is 4.90 Å². The van der Waals surface area contributed by atoms with Gasteiger partial charge in [-0.25, -0.2) is 0 Å². The topological polar surface area (TPSA) is 20.3 Å². The molecule has 5 heteroatoms. The van der Waals surface area contributed by atoms with E-state index in [-0.39, 0.29) is 11.7 Å². The lowest BCUT2D eigenvalue weighted by Gasteiger charge is -2.31. The maximum atomic E-state index is 12.6. The van der Waals surface area contributed by atoms with Crippen LogP contribution in [-0.4, -0.2) is 23.8 Å². The second kappa shape index (κ2) is 6.77. The standard InChI is InChI=1S/C19H18F3NO/c20-19(21,22)16-8-6-15(7-9-16)17-10-11-23(13-18(17)24)12-14-4-2-1-3-5-14/h1-9,17H,10-13H2. The number of likely N-dealkylation sites (tertiary alicyclic amines) is 1. The number of halogens is 3. The molecule has 1 atom stereocenters. The first-order chi connectivity index (χ1) is 11.4. The second-order valence-corrected chi connectivity index (χ2v) is 6.12. The van der Waals surface area contributed by atoms with Gasteiger partial charge in [-0.3, -0.25) is 9.69 Å². The van der Waals surface area contributed by atoms with Gasteiger partial charge in [0.1, 0.15) is 0 Å². The monoisotopic (exact) mass is 333 g/mol. The molecule has 1 fully saturated rings. The summed E-state index contributed by atoms with van der Waals surface area (Å²) in [5.74, 6) is -0.240. The molecule has 3 rings (SSSR count). The fourth-order valence-electron chi connectivity index (χ4n) is 3.12. The van der Waals surface area contributed by atoms with Gasteiger partial charge in [0.05, 0.1) is 12.1 Å². The molecule has 126 valence electrons. The minimum atomic E-state index is -4.35. The maximum Gasteiger partial charge on any atom is 0.416 e. The van der Waals surface area contributed by atoms with E-state index < -0.39 is 11.7 Å². The quantitative estimate of drug-likeness (QED) is 0.836. The summed E-state index contributed by atoms with van der Waals surface area (Å²) in [6.45, 7) is 1.80. The van der Waals surface area contributed by atoms with Gasteiger partial charge in [-0.1, -0.05) is 42.5 Å². The Morgan fingerprint density at radius 3 is 2.25 bits per heavy atom. The molecule has 2 aromatic carbocycles. The van der Waals surface area contributed by atoms with Crippen molar-refractivity contribution in [2.45, 2.75) is 25.1 Å². The molecule has 0 N–H and O–H groups in total. The SMILES string of the molecule is O=C1CN(Cc2ccccc2)CCC1c1ccc(C(F)(F)F)cc1. The molecule has 2 nitrogen and oxygen atoms in total. The number of benzene rings is 2. The zero-order chi connectivity index (χ0) is 17.2. The van der Waals surface area contributed by atoms with Gasteiger partial charge in [0.2, 0.25) is 0 Å². The number of Topliss-reactive ketones (excluding diaryl/α,β-unsaturated/α-hetero) is 1. The summed E-state index contributed by atoms with van der Waals surface area (Å²) >= 11 is 0. The van der Waals surface area contributed by atoms with Crippen molar-refractivity contribution in [2.75, 3.05) is 13.1 Å². The first-order valence-corrected chi connectivity index (χ1v) is 7.89. The zero-order valence-electron chi connectivity index (χ0n) is 13.1. The number of piperidine rings is 1. The summed E-state index contributed by atoms with van der Waals surface area (Å²) < 4.78 is 37.9. The number of hydrogen-bond acceptors (Lipinski definition) is 2. The molecule has 1 aliphatic rings. The van der Waals surface area contributed by atoms with E-state index in [4.69, 9.17) is 0 Å². The van der Waals surface area contributed by atoms with Crippen LogP contribution in [0.1, 0.15) is 29.0 Å². The third-order valence-electron chi connectivity index (χ3n) is 4.39. The first-order valence-electron chi connectivity index (χ1n) is 7.89. The van der Waals surface area contributed by atoms with Gasteiger partial charge in [0.15, 0.2) is 5.78 Å². The van der Waals surface area contributed by atoms with Crippen molar-refractivity contribution in [2.24, 2.45) is 0 Å². The molecular weight excluding hydrogens is 315 g/mol. The highest BCUT2D eigenvalue weighted by atomic mass is 19.4. The van der Waals surface area contributed by atoms with E-state index in [0.717, 1.165) is 24.2 Å². The molecule has 1 saturated heterocycles. The number of carbonyl (C=O) groups is 1. The Morgan fingerprint density at radius 1 is 1.00 bits per heavy atom. The number of carbonyl (C=O) groups excluding carboxylic acids is 1. The van der Waals surface area contributed by atoms with Crippen LogP contribution >= 0.6 is 0 Å². The average molecular weight is 333 g/mol. The molecule has 0 bridgehead atoms. The van der Waals surface area contributed by atoms with Crippen LogP contribution in [0, 0.1) is 0 Å². The number of alkyl halides is 3. The molecule has 0 amide bonds. The number of nitrogens with zero attached hydrogens (tertiary/aromatic N) is 1. The van der Waals surface area contributed by atoms with Crippen LogP contribution in [0.5, 0.6) is 0 Å². The fourth-order valence-corrected chi connectivity index (χ4v) is 3.12. The van der Waals surface area contributed by atoms with Crippen molar-refractivity contribution >= 4 is 5.78 Å². The molecule has 0 aromatic heterocycles. The van der Waals surface area contributed by atoms with Crippen LogP contribution in [-0.2, 0) is 17.5 Å². The van der Waals surface area contributed by atoms with Gasteiger partial charge < -0.3 is 0 Å². The van der Waals surface area contributed by atoms with Gasteiger partial charge in [0.25, 0.3) is 0 Å². The number of rotatable bonds is 3. The minimum absolute atomic E-state index is 0.0666. The van der Waals surface area contributed by atoms with E-state index in [9.17, 15) is 18.0 Å². The molecule has 1 unspecified atom stereocenters. The van der Waals surface area contributed by atoms with Gasteiger partial charge in [-0.2, -0.15) is 13.2 Å². The van der Waals surface area contributed by atoms with Crippen molar-refractivity contribution in [1.29, 1.82) is 0 Å². The minimum Gasteiger partial charge on any atom is -0.298 e. The molecule has 1 heterocycles. The van der Waals surface area contributed by atoms with Crippen molar-refractivity contribution in [3.05, 3.63) is 71.3 Å². The second-order valence-electron chi connectivity index (χ2n) is 6.12. The lowest BCUT2D eigenvalue weighted by Crippen LogP contribution is -2.39. The van der Waals surface area contributed by atoms with Crippen LogP contribution in [0.15, 0.2) is 54.6 Å². The zero-order valence-corrected chi connectivity index (χ0v) is 13.1. The van der Waals surface area contributed by atoms with Crippen molar-refractivity contribution < 1.29 is 18.0 Å². The van der Waals surface area contributed by atoms with Gasteiger partial charge >= 0.3 is 6.18 Å². The maximum absolute atomic E-state index is 12.6. The van der Waals surface area contributed by atoms with Crippen molar-refractivity contribution in [3.63, 3.8) is 0 Å². The Kier molecular flexibility index (Phi) is 4.71. The first kappa shape index (κ1) is 16.7. The Morgan fingerprint density at radius 2 is 1.67 bits per heavy atom. The Balaban J connectivity index is 1.64. The summed E-state index contributed by atoms with van der Waals surface area (Å²) in [7, 11) is 0. The molecule has 24 heavy (non-hydrogen) atoms. The predicted molar refractivity (Wildman–Crippen MR) is 85.5 cm³/mol. The predicted octanol–water partition coefficient (Wildman–Crippen LogP) is 4.26. The van der Waals surface area contributed by atoms with Gasteiger partial charge in [0, 0.05) is 12.5 Å². The highest BCUT2D eigenvalue weighted by Gasteiger charge is 2.32. The third-order valence-corrected chi connectivity index (χ3v) is 4.39. The van der Waals surface area contributed by atoms with Crippen LogP contribution in [0.3, 0.4) is 0 Å². The van der Waals surface area contributed by atoms with Crippen LogP contribution in [0.4, 0.5) is 13.2 Å². The molecule has 0 radical (unpaired) electrons. The highest BCUT2D eigenvalue weighted by molar-refractivity contribution is 5.88. The Bertz CT molecular complexity index is 695. The number of ketones is 1. The van der Waals surface area contributed by atoms with Crippen LogP contribution in [0.25, 0.3) is 0 Å². The summed E-state index contributed by atoms with van der Waals surface area (Å²) in [5, 5.41) is 0. The van der Waals surface area contributed by atoms with E-state index in [0.29, 0.717) is 25.1 Å². The van der Waals surface area contributed by atoms with Crippen molar-refractivity contribution in [1.82, 2.24) is 4.90 Å². The highest BCUT2D eigenvalue weighted by Crippen LogP contribution is 2.32. The largest absolute Gasteiger partial charge is 0.416 e. The molecule has 0 aliphatic carbocycles. The normalized spacial score (nSPS) is 19.5. The van der Waals surface area contributed by atoms with E-state index in [1.165, 1.54) is 12.1 Å². The number of hydrogen-bond donors (Lipinski definition) is 0. The Labute approximate surface area is 138 Å². The van der Waals surface area contributed by atoms with E-state index in [1.54, 1.807) is 0 Å². The average Bonchev–Trinajstić information content (AvgIpc) is 2.55. The summed E-state index contributed by atoms with van der Waals surface area (Å²) in [6.07, 6.45) is -3.71. The van der Waals surface area contributed by atoms with Gasteiger partial charge in [-0.15, -0.1) is 0 Å². The molecule has 0 spiro atoms. The summed E-state index contributed by atoms with van der Waals surface area (Å²) in [5.41, 5.74) is 1.14. The molecular formula is C19H18F3NO. The summed E-state index contributed by atoms with van der Waals surface area (Å²) in [6, 6.07) is 14.9. The van der Waals surface area contributed by atoms with Gasteiger partial charge in [-0.05, 0) is 36.2 Å². The molecule has 2 aromatic rings. The summed E-state index contributed by atoms with van der Waals surface area (Å²) in [4.78, 5) is 14.5. The molecule has 0 saturated carbocycles. The van der Waals surface area contributed by atoms with E-state index >= 15 is 0 Å². The lowest BCUT2D eigenvalue weighted by atomic mass is 9.87. The van der Waals surface area contributed by atoms with Crippen molar-refractivity contribution in [3.8, 4) is 0 Å². The Hall–Kier alpha value is -2.14. The smallest absolute Gasteiger partial charge is 0.298 e. The van der Waals surface area contributed by atoms with Crippen LogP contribution < -0.4 is 0 Å².